The number of hydrogen-bond acceptors (Lipinski definition) is 4. The molecule has 368 valence electrons. The van der Waals surface area contributed by atoms with E-state index in [-0.39, 0.29) is 6.61 Å². The quantitative estimate of drug-likeness (QED) is 0.207. The van der Waals surface area contributed by atoms with E-state index < -0.39 is 5.60 Å². The highest BCUT2D eigenvalue weighted by Gasteiger charge is 2.36. The first-order chi connectivity index (χ1) is 39.5. The Hall–Kier alpha value is -12.4. The van der Waals surface area contributed by atoms with Crippen molar-refractivity contribution in [1.29, 1.82) is 0 Å². The van der Waals surface area contributed by atoms with E-state index in [1.165, 1.54) is 64.2 Å². The van der Waals surface area contributed by atoms with Crippen molar-refractivity contribution in [2.75, 3.05) is 0 Å². The highest BCUT2D eigenvalue weighted by molar-refractivity contribution is 5.84. The van der Waals surface area contributed by atoms with Crippen LogP contribution in [0.2, 0.25) is 0 Å². The molecule has 0 spiro atoms. The summed E-state index contributed by atoms with van der Waals surface area (Å²) < 4.78 is 17.7. The van der Waals surface area contributed by atoms with Crippen LogP contribution in [0.25, 0.3) is 10.8 Å². The van der Waals surface area contributed by atoms with Gasteiger partial charge in [-0.1, -0.05) is 82.4 Å². The molecule has 2 fully saturated rings. The maximum absolute atomic E-state index is 12.5. The standard InChI is InChI=1S/C76H40O4/c1-3-5-7-9-11-13-15-17-19-21-23-25-27-29-31-33-35-37-39-47-57-78-74-59-69(60-75(63-74)79-58-48-40-38-36-34-32-30-28-26-24-22-20-18-16-14-12-10-8-6-4-2)66-80-73-56-54-70-61-72(55-53-71(70)62-73)76(77,64-67-49-43-41-44-50-67)65-68-51-45-42-46-52-68/h1-2,53-56,59-63,67-68,77H,41-46,49-52,64-66H2. The van der Waals surface area contributed by atoms with Gasteiger partial charge in [-0.05, 0) is 172 Å². The number of aliphatic hydroxyl groups is 1. The normalized spacial score (nSPS) is 10.3. The molecular formula is C76H40O4. The number of terminal acetylenes is 2. The van der Waals surface area contributed by atoms with Gasteiger partial charge in [-0.15, -0.1) is 12.8 Å². The van der Waals surface area contributed by atoms with Crippen molar-refractivity contribution in [2.24, 2.45) is 11.8 Å². The summed E-state index contributed by atoms with van der Waals surface area (Å²) in [6, 6.07) is 17.5. The van der Waals surface area contributed by atoms with Crippen LogP contribution >= 0.6 is 0 Å². The molecule has 0 heterocycles. The molecular weight excluding hydrogens is 977 g/mol. The van der Waals surface area contributed by atoms with Crippen LogP contribution in [0.15, 0.2) is 54.6 Å². The van der Waals surface area contributed by atoms with E-state index >= 15 is 0 Å². The van der Waals surface area contributed by atoms with Crippen LogP contribution in [0.4, 0.5) is 0 Å². The summed E-state index contributed by atoms with van der Waals surface area (Å²) in [5.41, 5.74) is 0.874. The average Bonchev–Trinajstić information content (AvgIpc) is 3.52. The lowest BCUT2D eigenvalue weighted by molar-refractivity contribution is -0.0211. The van der Waals surface area contributed by atoms with Crippen molar-refractivity contribution in [3.8, 4) is 279 Å². The number of ether oxygens (including phenoxy) is 3. The van der Waals surface area contributed by atoms with E-state index in [0.29, 0.717) is 34.6 Å². The number of benzene rings is 3. The van der Waals surface area contributed by atoms with Crippen molar-refractivity contribution >= 4 is 10.8 Å². The first-order valence-electron chi connectivity index (χ1n) is 24.8. The summed E-state index contributed by atoms with van der Waals surface area (Å²) in [7, 11) is 0. The van der Waals surface area contributed by atoms with Crippen LogP contribution in [-0.4, -0.2) is 5.11 Å². The zero-order valence-electron chi connectivity index (χ0n) is 43.4. The van der Waals surface area contributed by atoms with E-state index in [2.05, 4.69) is 273 Å². The summed E-state index contributed by atoms with van der Waals surface area (Å²) in [5, 5.41) is 14.6. The SMILES string of the molecule is C#CC#CC#CC#CC#CC#CC#CC#CC#CC#CC#COc1cc(COc2ccc3cc(C(O)(CC4CCCCC4)CC4CCCCC4)ccc3c2)cc(OC#CC#CC#CC#CC#CC#CC#CC#CC#CC#CC#C)c1. The van der Waals surface area contributed by atoms with E-state index in [0.717, 1.165) is 29.2 Å². The zero-order chi connectivity index (χ0) is 56.1. The Morgan fingerprint density at radius 2 is 0.688 bits per heavy atom. The molecule has 0 aromatic heterocycles. The van der Waals surface area contributed by atoms with Crippen LogP contribution in [0.3, 0.4) is 0 Å². The highest BCUT2D eigenvalue weighted by atomic mass is 16.5. The van der Waals surface area contributed by atoms with Crippen molar-refractivity contribution in [3.63, 3.8) is 0 Å². The Morgan fingerprint density at radius 1 is 0.362 bits per heavy atom. The van der Waals surface area contributed by atoms with Crippen LogP contribution in [0.5, 0.6) is 17.2 Å². The topological polar surface area (TPSA) is 47.9 Å². The first-order valence-corrected chi connectivity index (χ1v) is 24.8. The number of rotatable bonds is 10. The lowest BCUT2D eigenvalue weighted by Crippen LogP contribution is -2.33. The van der Waals surface area contributed by atoms with Gasteiger partial charge in [0.25, 0.3) is 0 Å². The molecule has 0 unspecified atom stereocenters. The second-order valence-corrected chi connectivity index (χ2v) is 16.7. The number of fused-ring (bicyclic) bond motifs is 1. The van der Waals surface area contributed by atoms with E-state index in [1.807, 2.05) is 12.1 Å². The van der Waals surface area contributed by atoms with Crippen molar-refractivity contribution in [1.82, 2.24) is 0 Å². The van der Waals surface area contributed by atoms with Crippen LogP contribution in [-0.2, 0) is 12.2 Å². The fraction of sp³-hybridized carbons (Fsp3) is 0.211. The monoisotopic (exact) mass is 1020 g/mol. The molecule has 1 N–H and O–H groups in total. The molecule has 0 radical (unpaired) electrons. The Balaban J connectivity index is 1.24. The van der Waals surface area contributed by atoms with Gasteiger partial charge in [0.1, 0.15) is 36.1 Å². The molecule has 0 saturated heterocycles. The largest absolute Gasteiger partial charge is 0.489 e. The minimum atomic E-state index is -0.847. The van der Waals surface area contributed by atoms with Crippen LogP contribution < -0.4 is 14.2 Å². The molecule has 0 amide bonds. The predicted octanol–water partition coefficient (Wildman–Crippen LogP) is 8.55. The summed E-state index contributed by atoms with van der Waals surface area (Å²) >= 11 is 0. The molecule has 4 heteroatoms. The minimum Gasteiger partial charge on any atom is -0.489 e. The van der Waals surface area contributed by atoms with Gasteiger partial charge in [-0.2, -0.15) is 0 Å². The Bertz CT molecular complexity index is 4090. The summed E-state index contributed by atoms with van der Waals surface area (Å²) in [4.78, 5) is 0. The first kappa shape index (κ1) is 58.5. The molecule has 5 rings (SSSR count). The van der Waals surface area contributed by atoms with Gasteiger partial charge in [0, 0.05) is 148 Å². The summed E-state index contributed by atoms with van der Waals surface area (Å²) in [6.07, 6.45) is 29.1. The third kappa shape index (κ3) is 25.0. The molecule has 2 aliphatic carbocycles. The van der Waals surface area contributed by atoms with Gasteiger partial charge in [-0.3, -0.25) is 0 Å². The Labute approximate surface area is 473 Å². The van der Waals surface area contributed by atoms with E-state index in [4.69, 9.17) is 27.1 Å². The predicted molar refractivity (Wildman–Crippen MR) is 315 cm³/mol. The third-order valence-electron chi connectivity index (χ3n) is 11.2. The van der Waals surface area contributed by atoms with E-state index in [9.17, 15) is 5.11 Å². The Kier molecular flexibility index (Phi) is 27.3. The van der Waals surface area contributed by atoms with Gasteiger partial charge in [-0.25, -0.2) is 0 Å². The van der Waals surface area contributed by atoms with E-state index in [1.54, 1.807) is 18.2 Å². The maximum atomic E-state index is 12.5. The van der Waals surface area contributed by atoms with Crippen molar-refractivity contribution in [2.45, 2.75) is 89.3 Å². The fourth-order valence-corrected chi connectivity index (χ4v) is 8.01. The maximum Gasteiger partial charge on any atom is 0.144 e. The van der Waals surface area contributed by atoms with Crippen molar-refractivity contribution < 1.29 is 19.3 Å². The lowest BCUT2D eigenvalue weighted by atomic mass is 9.72. The molecule has 3 aromatic rings. The summed E-state index contributed by atoms with van der Waals surface area (Å²) in [5.74, 6) is 103. The van der Waals surface area contributed by atoms with Crippen LogP contribution in [0, 0.1) is 274 Å². The third-order valence-corrected chi connectivity index (χ3v) is 11.2. The fourth-order valence-electron chi connectivity index (χ4n) is 8.01. The Morgan fingerprint density at radius 3 is 1.05 bits per heavy atom. The molecule has 0 atom stereocenters. The van der Waals surface area contributed by atoms with Crippen molar-refractivity contribution in [3.05, 3.63) is 65.7 Å². The molecule has 0 aliphatic heterocycles. The summed E-state index contributed by atoms with van der Waals surface area (Å²) in [6.45, 7) is 0.164. The van der Waals surface area contributed by atoms with Gasteiger partial charge in [0.2, 0.25) is 0 Å². The molecule has 3 aromatic carbocycles. The smallest absolute Gasteiger partial charge is 0.144 e. The van der Waals surface area contributed by atoms with Gasteiger partial charge in [0.15, 0.2) is 0 Å². The minimum absolute atomic E-state index is 0.164. The average molecular weight is 1020 g/mol. The second kappa shape index (κ2) is 37.3. The van der Waals surface area contributed by atoms with Crippen LogP contribution in [0.1, 0.15) is 88.2 Å². The second-order valence-electron chi connectivity index (χ2n) is 16.7. The van der Waals surface area contributed by atoms with Gasteiger partial charge >= 0.3 is 0 Å². The molecule has 4 nitrogen and oxygen atoms in total. The van der Waals surface area contributed by atoms with Gasteiger partial charge in [0.05, 0.1) is 5.60 Å². The zero-order valence-corrected chi connectivity index (χ0v) is 43.4. The lowest BCUT2D eigenvalue weighted by Gasteiger charge is -2.38. The molecule has 2 saturated carbocycles. The molecule has 2 aliphatic rings. The number of hydrogen-bond donors (Lipinski definition) is 1. The van der Waals surface area contributed by atoms with Gasteiger partial charge < -0.3 is 19.3 Å². The highest BCUT2D eigenvalue weighted by Crippen LogP contribution is 2.43. The molecule has 80 heavy (non-hydrogen) atoms. The molecule has 0 bridgehead atoms.